The molecule has 0 radical (unpaired) electrons. The molecule has 27 heavy (non-hydrogen) atoms. The lowest BCUT2D eigenvalue weighted by Crippen LogP contribution is -2.23. The van der Waals surface area contributed by atoms with Crippen LogP contribution in [0.3, 0.4) is 0 Å². The molecule has 2 aromatic carbocycles. The lowest BCUT2D eigenvalue weighted by Gasteiger charge is -2.12. The molecule has 0 aliphatic heterocycles. The van der Waals surface area contributed by atoms with E-state index in [1.54, 1.807) is 50.3 Å². The Bertz CT molecular complexity index is 1180. The number of nitrogens with two attached hydrogens (primary N) is 1. The van der Waals surface area contributed by atoms with Crippen molar-refractivity contribution in [3.63, 3.8) is 0 Å². The average molecular weight is 383 g/mol. The Morgan fingerprint density at radius 1 is 1.22 bits per heavy atom. The number of terminal acetylenes is 1. The summed E-state index contributed by atoms with van der Waals surface area (Å²) < 4.78 is 39.7. The molecule has 0 aliphatic carbocycles. The molecule has 138 valence electrons. The Kier molecular flexibility index (Phi) is 4.77. The number of aromatic nitrogens is 2. The van der Waals surface area contributed by atoms with E-state index in [0.29, 0.717) is 27.7 Å². The number of anilines is 1. The number of fused-ring (bicyclic) bond motifs is 1. The van der Waals surface area contributed by atoms with E-state index in [1.807, 2.05) is 0 Å². The molecule has 0 amide bonds. The monoisotopic (exact) mass is 383 g/mol. The summed E-state index contributed by atoms with van der Waals surface area (Å²) in [7, 11) is -3.70. The number of halogens is 1. The van der Waals surface area contributed by atoms with Gasteiger partial charge in [-0.2, -0.15) is 0 Å². The van der Waals surface area contributed by atoms with Crippen molar-refractivity contribution in [3.05, 3.63) is 65.5 Å². The Labute approximate surface area is 157 Å². The van der Waals surface area contributed by atoms with Gasteiger partial charge in [-0.25, -0.2) is 21.8 Å². The Morgan fingerprint density at radius 3 is 2.44 bits per heavy atom. The summed E-state index contributed by atoms with van der Waals surface area (Å²) in [5.74, 6) is 2.02. The fourth-order valence-corrected chi connectivity index (χ4v) is 3.91. The van der Waals surface area contributed by atoms with E-state index in [-0.39, 0.29) is 11.8 Å². The third-order valence-electron chi connectivity index (χ3n) is 4.18. The van der Waals surface area contributed by atoms with E-state index in [2.05, 4.69) is 10.9 Å². The largest absolute Gasteiger partial charge is 0.368 e. The zero-order valence-electron chi connectivity index (χ0n) is 14.8. The molecule has 1 heterocycles. The van der Waals surface area contributed by atoms with Gasteiger partial charge in [0.05, 0.1) is 16.3 Å². The van der Waals surface area contributed by atoms with Crippen molar-refractivity contribution >= 4 is 32.6 Å². The molecule has 3 rings (SSSR count). The third kappa shape index (κ3) is 3.32. The van der Waals surface area contributed by atoms with Crippen LogP contribution in [-0.4, -0.2) is 22.6 Å². The first-order valence-corrected chi connectivity index (χ1v) is 9.71. The molecule has 1 aromatic heterocycles. The summed E-state index contributed by atoms with van der Waals surface area (Å²) in [6.07, 6.45) is 7.01. The minimum absolute atomic E-state index is 0.0971. The fraction of sp³-hybridized carbons (Fsp3) is 0.150. The van der Waals surface area contributed by atoms with Crippen LogP contribution in [0.1, 0.15) is 25.0 Å². The normalized spacial score (nSPS) is 12.5. The highest BCUT2D eigenvalue weighted by Gasteiger charge is 2.24. The molecule has 0 atom stereocenters. The molecule has 2 N–H and O–H groups in total. The number of allylic oxidation sites excluding steroid dienone is 1. The van der Waals surface area contributed by atoms with Gasteiger partial charge in [0.15, 0.2) is 0 Å². The number of nitrogen functional groups attached to an aromatic ring is 1. The smallest absolute Gasteiger partial charge is 0.244 e. The quantitative estimate of drug-likeness (QED) is 0.701. The fourth-order valence-electron chi connectivity index (χ4n) is 2.76. The second-order valence-corrected chi connectivity index (χ2v) is 8.60. The highest BCUT2D eigenvalue weighted by Crippen LogP contribution is 2.29. The highest BCUT2D eigenvalue weighted by atomic mass is 32.2. The van der Waals surface area contributed by atoms with Gasteiger partial charge in [-0.1, -0.05) is 24.1 Å². The van der Waals surface area contributed by atoms with Gasteiger partial charge in [0.2, 0.25) is 16.0 Å². The van der Waals surface area contributed by atoms with Crippen LogP contribution < -0.4 is 5.73 Å². The van der Waals surface area contributed by atoms with Gasteiger partial charge in [-0.3, -0.25) is 0 Å². The van der Waals surface area contributed by atoms with Crippen LogP contribution >= 0.6 is 0 Å². The Hall–Kier alpha value is -3.11. The van der Waals surface area contributed by atoms with Crippen LogP contribution in [0.25, 0.3) is 16.6 Å². The maximum Gasteiger partial charge on any atom is 0.244 e. The summed E-state index contributed by atoms with van der Waals surface area (Å²) in [5.41, 5.74) is 8.74. The van der Waals surface area contributed by atoms with Crippen LogP contribution in [0.15, 0.2) is 48.5 Å². The van der Waals surface area contributed by atoms with Crippen LogP contribution in [0, 0.1) is 18.2 Å². The van der Waals surface area contributed by atoms with Gasteiger partial charge in [-0.15, -0.1) is 6.42 Å². The first-order valence-electron chi connectivity index (χ1n) is 8.20. The molecular formula is C20H18FN3O2S. The number of hydrogen-bond acceptors (Lipinski definition) is 4. The van der Waals surface area contributed by atoms with Gasteiger partial charge in [-0.05, 0) is 60.9 Å². The van der Waals surface area contributed by atoms with E-state index in [1.165, 1.54) is 12.1 Å². The molecular weight excluding hydrogens is 365 g/mol. The van der Waals surface area contributed by atoms with Gasteiger partial charge in [0.1, 0.15) is 5.82 Å². The van der Waals surface area contributed by atoms with Gasteiger partial charge < -0.3 is 5.73 Å². The minimum atomic E-state index is -3.70. The molecule has 7 heteroatoms. The predicted octanol–water partition coefficient (Wildman–Crippen LogP) is 3.41. The number of imidazole rings is 1. The van der Waals surface area contributed by atoms with Crippen LogP contribution in [0.4, 0.5) is 10.3 Å². The standard InChI is InChI=1S/C20H18FN3O2S/c1-4-5-17(14-6-9-16(21)10-7-14)15-8-11-18-19(12-15)24(20(22)23-18)27(25,26)13(2)3/h1,5-13H,2-3H3,(H2,22,23)/b17-5+. The number of nitrogens with zero attached hydrogens (tertiary/aromatic N) is 2. The summed E-state index contributed by atoms with van der Waals surface area (Å²) in [5, 5.41) is -0.668. The average Bonchev–Trinajstić information content (AvgIpc) is 2.96. The minimum Gasteiger partial charge on any atom is -0.368 e. The summed E-state index contributed by atoms with van der Waals surface area (Å²) in [6, 6.07) is 11.0. The predicted molar refractivity (Wildman–Crippen MR) is 106 cm³/mol. The summed E-state index contributed by atoms with van der Waals surface area (Å²) in [6.45, 7) is 3.15. The number of rotatable bonds is 4. The molecule has 0 saturated carbocycles. The summed E-state index contributed by atoms with van der Waals surface area (Å²) >= 11 is 0. The number of benzene rings is 2. The Balaban J connectivity index is 2.25. The molecule has 0 saturated heterocycles. The van der Waals surface area contributed by atoms with Crippen molar-refractivity contribution in [2.24, 2.45) is 0 Å². The van der Waals surface area contributed by atoms with E-state index in [4.69, 9.17) is 12.2 Å². The Morgan fingerprint density at radius 2 is 1.85 bits per heavy atom. The van der Waals surface area contributed by atoms with Crippen molar-refractivity contribution < 1.29 is 12.8 Å². The SMILES string of the molecule is C#C/C=C(\c1ccc(F)cc1)c1ccc2nc(N)n(S(=O)(=O)C(C)C)c2c1. The van der Waals surface area contributed by atoms with Gasteiger partial charge in [0.25, 0.3) is 0 Å². The first kappa shape index (κ1) is 18.7. The van der Waals surface area contributed by atoms with Crippen molar-refractivity contribution in [2.45, 2.75) is 19.1 Å². The third-order valence-corrected chi connectivity index (χ3v) is 6.27. The number of hydrogen-bond donors (Lipinski definition) is 1. The van der Waals surface area contributed by atoms with E-state index in [0.717, 1.165) is 3.97 Å². The van der Waals surface area contributed by atoms with Crippen molar-refractivity contribution in [2.75, 3.05) is 5.73 Å². The molecule has 0 unspecified atom stereocenters. The maximum atomic E-state index is 13.3. The van der Waals surface area contributed by atoms with E-state index < -0.39 is 15.3 Å². The first-order chi connectivity index (χ1) is 12.8. The van der Waals surface area contributed by atoms with Crippen molar-refractivity contribution in [1.82, 2.24) is 8.96 Å². The van der Waals surface area contributed by atoms with Crippen LogP contribution in [0.5, 0.6) is 0 Å². The van der Waals surface area contributed by atoms with Crippen LogP contribution in [-0.2, 0) is 10.0 Å². The van der Waals surface area contributed by atoms with Crippen LogP contribution in [0.2, 0.25) is 0 Å². The molecule has 0 fully saturated rings. The van der Waals surface area contributed by atoms with Gasteiger partial charge in [0, 0.05) is 0 Å². The molecule has 3 aromatic rings. The second kappa shape index (κ2) is 6.89. The molecule has 0 spiro atoms. The lowest BCUT2D eigenvalue weighted by atomic mass is 9.97. The van der Waals surface area contributed by atoms with E-state index >= 15 is 0 Å². The highest BCUT2D eigenvalue weighted by molar-refractivity contribution is 7.90. The molecule has 0 bridgehead atoms. The second-order valence-electron chi connectivity index (χ2n) is 6.26. The summed E-state index contributed by atoms with van der Waals surface area (Å²) in [4.78, 5) is 4.14. The van der Waals surface area contributed by atoms with Crippen molar-refractivity contribution in [1.29, 1.82) is 0 Å². The van der Waals surface area contributed by atoms with E-state index in [9.17, 15) is 12.8 Å². The zero-order chi connectivity index (χ0) is 19.8. The topological polar surface area (TPSA) is 78.0 Å². The lowest BCUT2D eigenvalue weighted by molar-refractivity contribution is 0.580. The molecule has 0 aliphatic rings. The van der Waals surface area contributed by atoms with Crippen molar-refractivity contribution in [3.8, 4) is 12.3 Å². The molecule has 5 nitrogen and oxygen atoms in total. The maximum absolute atomic E-state index is 13.3. The zero-order valence-corrected chi connectivity index (χ0v) is 15.7. The van der Waals surface area contributed by atoms with Gasteiger partial charge >= 0.3 is 0 Å².